The van der Waals surface area contributed by atoms with Crippen LogP contribution in [0.15, 0.2) is 0 Å². The van der Waals surface area contributed by atoms with Gasteiger partial charge in [0.25, 0.3) is 0 Å². The molecule has 0 aliphatic carbocycles. The van der Waals surface area contributed by atoms with E-state index in [9.17, 15) is 13.5 Å². The van der Waals surface area contributed by atoms with Gasteiger partial charge in [-0.1, -0.05) is 0 Å². The molecular formula is C9H19NO3S2. The molecule has 1 N–H and O–H groups in total. The second-order valence-electron chi connectivity index (χ2n) is 4.64. The van der Waals surface area contributed by atoms with Crippen LogP contribution in [0, 0.1) is 0 Å². The van der Waals surface area contributed by atoms with Crippen LogP contribution >= 0.6 is 11.8 Å². The van der Waals surface area contributed by atoms with Crippen LogP contribution in [-0.2, 0) is 9.84 Å². The summed E-state index contributed by atoms with van der Waals surface area (Å²) in [4.78, 5) is 1.87. The second kappa shape index (κ2) is 4.61. The van der Waals surface area contributed by atoms with Crippen molar-refractivity contribution in [3.8, 4) is 0 Å². The van der Waals surface area contributed by atoms with Gasteiger partial charge in [-0.25, -0.2) is 8.42 Å². The molecule has 1 aliphatic rings. The summed E-state index contributed by atoms with van der Waals surface area (Å²) >= 11 is 1.66. The summed E-state index contributed by atoms with van der Waals surface area (Å²) in [5, 5.41) is 9.27. The van der Waals surface area contributed by atoms with Crippen LogP contribution in [0.25, 0.3) is 0 Å². The SMILES string of the molecule is CC(C)(O)CN1CCSCC1S(C)(=O)=O. The zero-order valence-electron chi connectivity index (χ0n) is 9.43. The third-order valence-corrected chi connectivity index (χ3v) is 4.96. The summed E-state index contributed by atoms with van der Waals surface area (Å²) in [5.74, 6) is 1.54. The molecule has 1 rings (SSSR count). The number of nitrogens with zero attached hydrogens (tertiary/aromatic N) is 1. The van der Waals surface area contributed by atoms with Crippen LogP contribution in [0.5, 0.6) is 0 Å². The van der Waals surface area contributed by atoms with Gasteiger partial charge in [0.15, 0.2) is 9.84 Å². The first kappa shape index (κ1) is 13.3. The van der Waals surface area contributed by atoms with E-state index in [1.54, 1.807) is 25.6 Å². The Labute approximate surface area is 96.0 Å². The van der Waals surface area contributed by atoms with Gasteiger partial charge in [0.2, 0.25) is 0 Å². The maximum atomic E-state index is 11.5. The van der Waals surface area contributed by atoms with E-state index in [1.165, 1.54) is 6.26 Å². The van der Waals surface area contributed by atoms with E-state index >= 15 is 0 Å². The van der Waals surface area contributed by atoms with Crippen molar-refractivity contribution in [2.45, 2.75) is 24.8 Å². The zero-order chi connectivity index (χ0) is 11.7. The Balaban J connectivity index is 2.75. The molecular weight excluding hydrogens is 234 g/mol. The molecule has 0 amide bonds. The number of hydrogen-bond donors (Lipinski definition) is 1. The molecule has 0 aromatic carbocycles. The van der Waals surface area contributed by atoms with Crippen molar-refractivity contribution in [2.24, 2.45) is 0 Å². The molecule has 0 spiro atoms. The Kier molecular flexibility index (Phi) is 4.08. The van der Waals surface area contributed by atoms with E-state index in [4.69, 9.17) is 0 Å². The number of rotatable bonds is 3. The van der Waals surface area contributed by atoms with E-state index < -0.39 is 20.8 Å². The lowest BCUT2D eigenvalue weighted by Crippen LogP contribution is -2.51. The summed E-state index contributed by atoms with van der Waals surface area (Å²) in [7, 11) is -3.05. The van der Waals surface area contributed by atoms with Crippen LogP contribution in [0.2, 0.25) is 0 Å². The fourth-order valence-corrected chi connectivity index (χ4v) is 4.63. The standard InChI is InChI=1S/C9H19NO3S2/c1-9(2,11)7-10-4-5-14-6-8(10)15(3,12)13/h8,11H,4-7H2,1-3H3. The molecule has 0 saturated carbocycles. The van der Waals surface area contributed by atoms with E-state index in [0.29, 0.717) is 12.3 Å². The summed E-state index contributed by atoms with van der Waals surface area (Å²) in [6.45, 7) is 4.54. The van der Waals surface area contributed by atoms with Crippen molar-refractivity contribution in [1.29, 1.82) is 0 Å². The fourth-order valence-electron chi connectivity index (χ4n) is 1.69. The lowest BCUT2D eigenvalue weighted by molar-refractivity contribution is 0.0350. The Bertz CT molecular complexity index is 308. The Morgan fingerprint density at radius 2 is 2.13 bits per heavy atom. The van der Waals surface area contributed by atoms with Crippen LogP contribution in [-0.4, -0.2) is 60.3 Å². The molecule has 0 aromatic rings. The molecule has 1 heterocycles. The molecule has 15 heavy (non-hydrogen) atoms. The molecule has 1 saturated heterocycles. The molecule has 1 atom stereocenters. The smallest absolute Gasteiger partial charge is 0.164 e. The van der Waals surface area contributed by atoms with Crippen LogP contribution < -0.4 is 0 Å². The van der Waals surface area contributed by atoms with Crippen molar-refractivity contribution in [3.05, 3.63) is 0 Å². The minimum Gasteiger partial charge on any atom is -0.389 e. The van der Waals surface area contributed by atoms with Gasteiger partial charge in [-0.3, -0.25) is 4.90 Å². The normalized spacial score (nSPS) is 25.5. The minimum atomic E-state index is -3.05. The second-order valence-corrected chi connectivity index (χ2v) is 8.00. The topological polar surface area (TPSA) is 57.6 Å². The fraction of sp³-hybridized carbons (Fsp3) is 1.00. The van der Waals surface area contributed by atoms with Gasteiger partial charge in [-0.05, 0) is 13.8 Å². The number of β-amino-alcohol motifs (C(OH)–C–C–N with tert-alkyl or cyclic N) is 1. The first-order valence-electron chi connectivity index (χ1n) is 4.93. The quantitative estimate of drug-likeness (QED) is 0.777. The maximum absolute atomic E-state index is 11.5. The van der Waals surface area contributed by atoms with E-state index in [1.807, 2.05) is 4.90 Å². The number of aliphatic hydroxyl groups is 1. The third-order valence-electron chi connectivity index (χ3n) is 2.27. The average molecular weight is 253 g/mol. The van der Waals surface area contributed by atoms with Gasteiger partial charge in [-0.2, -0.15) is 11.8 Å². The molecule has 0 radical (unpaired) electrons. The van der Waals surface area contributed by atoms with Gasteiger partial charge in [0, 0.05) is 30.9 Å². The van der Waals surface area contributed by atoms with Crippen molar-refractivity contribution < 1.29 is 13.5 Å². The molecule has 0 bridgehead atoms. The molecule has 1 fully saturated rings. The largest absolute Gasteiger partial charge is 0.389 e. The first-order valence-corrected chi connectivity index (χ1v) is 8.04. The molecule has 1 aliphatic heterocycles. The van der Waals surface area contributed by atoms with E-state index in [2.05, 4.69) is 0 Å². The Morgan fingerprint density at radius 3 is 2.60 bits per heavy atom. The van der Waals surface area contributed by atoms with Gasteiger partial charge >= 0.3 is 0 Å². The van der Waals surface area contributed by atoms with Gasteiger partial charge in [-0.15, -0.1) is 0 Å². The molecule has 0 aromatic heterocycles. The predicted octanol–water partition coefficient (Wildman–Crippen LogP) is 0.177. The van der Waals surface area contributed by atoms with E-state index in [0.717, 1.165) is 12.3 Å². The highest BCUT2D eigenvalue weighted by molar-refractivity contribution is 8.00. The number of hydrogen-bond acceptors (Lipinski definition) is 5. The summed E-state index contributed by atoms with van der Waals surface area (Å²) in [5.41, 5.74) is -0.842. The van der Waals surface area contributed by atoms with Gasteiger partial charge in [0.1, 0.15) is 5.37 Å². The zero-order valence-corrected chi connectivity index (χ0v) is 11.1. The predicted molar refractivity (Wildman–Crippen MR) is 63.8 cm³/mol. The number of sulfone groups is 1. The monoisotopic (exact) mass is 253 g/mol. The molecule has 4 nitrogen and oxygen atoms in total. The Hall–Kier alpha value is 0.220. The summed E-state index contributed by atoms with van der Waals surface area (Å²) in [6, 6.07) is 0. The van der Waals surface area contributed by atoms with Crippen molar-refractivity contribution >= 4 is 21.6 Å². The summed E-state index contributed by atoms with van der Waals surface area (Å²) < 4.78 is 23.1. The third kappa shape index (κ3) is 4.30. The highest BCUT2D eigenvalue weighted by Gasteiger charge is 2.33. The van der Waals surface area contributed by atoms with Crippen LogP contribution in [0.4, 0.5) is 0 Å². The highest BCUT2D eigenvalue weighted by Crippen LogP contribution is 2.22. The Morgan fingerprint density at radius 1 is 1.53 bits per heavy atom. The molecule has 6 heteroatoms. The average Bonchev–Trinajstić information content (AvgIpc) is 1.99. The van der Waals surface area contributed by atoms with Crippen LogP contribution in [0.1, 0.15) is 13.8 Å². The van der Waals surface area contributed by atoms with E-state index in [-0.39, 0.29) is 0 Å². The summed E-state index contributed by atoms with van der Waals surface area (Å²) in [6.07, 6.45) is 1.26. The highest BCUT2D eigenvalue weighted by atomic mass is 32.2. The van der Waals surface area contributed by atoms with Crippen molar-refractivity contribution in [1.82, 2.24) is 4.90 Å². The van der Waals surface area contributed by atoms with Crippen molar-refractivity contribution in [2.75, 3.05) is 30.9 Å². The van der Waals surface area contributed by atoms with Gasteiger partial charge < -0.3 is 5.11 Å². The number of thioether (sulfide) groups is 1. The lowest BCUT2D eigenvalue weighted by Gasteiger charge is -2.37. The lowest BCUT2D eigenvalue weighted by atomic mass is 10.1. The minimum absolute atomic E-state index is 0.408. The van der Waals surface area contributed by atoms with Crippen molar-refractivity contribution in [3.63, 3.8) is 0 Å². The van der Waals surface area contributed by atoms with Gasteiger partial charge in [0.05, 0.1) is 5.60 Å². The van der Waals surface area contributed by atoms with Crippen LogP contribution in [0.3, 0.4) is 0 Å². The maximum Gasteiger partial charge on any atom is 0.164 e. The molecule has 1 unspecified atom stereocenters. The molecule has 90 valence electrons. The first-order chi connectivity index (χ1) is 6.70.